The Morgan fingerprint density at radius 2 is 1.85 bits per heavy atom. The Hall–Kier alpha value is -1.64. The maximum absolute atomic E-state index is 12.9. The van der Waals surface area contributed by atoms with Crippen LogP contribution in [0.4, 0.5) is 0 Å². The number of hydrogen-bond donors (Lipinski definition) is 1. The van der Waals surface area contributed by atoms with Crippen LogP contribution >= 0.6 is 0 Å². The van der Waals surface area contributed by atoms with E-state index in [-0.39, 0.29) is 5.41 Å². The van der Waals surface area contributed by atoms with Gasteiger partial charge in [0.25, 0.3) is 0 Å². The van der Waals surface area contributed by atoms with Crippen molar-refractivity contribution in [2.75, 3.05) is 0 Å². The van der Waals surface area contributed by atoms with Gasteiger partial charge in [-0.3, -0.25) is 4.79 Å². The highest BCUT2D eigenvalue weighted by Crippen LogP contribution is 2.58. The molecule has 2 unspecified atom stereocenters. The number of benzene rings is 1. The maximum Gasteiger partial charge on any atom is 0.149 e. The van der Waals surface area contributed by atoms with Crippen molar-refractivity contribution < 1.29 is 4.79 Å². The third kappa shape index (κ3) is 1.26. The van der Waals surface area contributed by atoms with Crippen molar-refractivity contribution in [1.29, 1.82) is 0 Å². The number of carbonyl (C=O) groups is 1. The molecule has 3 nitrogen and oxygen atoms in total. The van der Waals surface area contributed by atoms with Gasteiger partial charge in [-0.25, -0.2) is 4.98 Å². The van der Waals surface area contributed by atoms with Crippen molar-refractivity contribution in [3.8, 4) is 0 Å². The van der Waals surface area contributed by atoms with Crippen LogP contribution in [0.2, 0.25) is 0 Å². The van der Waals surface area contributed by atoms with Crippen molar-refractivity contribution in [1.82, 2.24) is 9.97 Å². The molecule has 4 aliphatic carbocycles. The molecule has 2 aromatic rings. The molecule has 0 radical (unpaired) electrons. The van der Waals surface area contributed by atoms with Crippen LogP contribution in [0.3, 0.4) is 0 Å². The zero-order chi connectivity index (χ0) is 13.3. The highest BCUT2D eigenvalue weighted by molar-refractivity contribution is 5.94. The molecule has 1 heterocycles. The summed E-state index contributed by atoms with van der Waals surface area (Å²) in [5.74, 6) is 3.23. The van der Waals surface area contributed by atoms with E-state index in [4.69, 9.17) is 4.98 Å². The number of fused-ring (bicyclic) bond motifs is 1. The average molecular weight is 266 g/mol. The normalized spacial score (nSPS) is 38.8. The third-order valence-corrected chi connectivity index (χ3v) is 5.86. The van der Waals surface area contributed by atoms with E-state index in [1.54, 1.807) is 0 Å². The molecule has 0 spiro atoms. The zero-order valence-electron chi connectivity index (χ0n) is 11.4. The van der Waals surface area contributed by atoms with E-state index in [1.165, 1.54) is 6.42 Å². The first-order valence-corrected chi connectivity index (χ1v) is 7.74. The van der Waals surface area contributed by atoms with Crippen molar-refractivity contribution >= 4 is 16.8 Å². The Morgan fingerprint density at radius 3 is 2.60 bits per heavy atom. The van der Waals surface area contributed by atoms with Gasteiger partial charge in [0.1, 0.15) is 11.6 Å². The van der Waals surface area contributed by atoms with Gasteiger partial charge in [-0.15, -0.1) is 0 Å². The summed E-state index contributed by atoms with van der Waals surface area (Å²) in [4.78, 5) is 21.1. The molecule has 1 aromatic heterocycles. The van der Waals surface area contributed by atoms with Gasteiger partial charge in [-0.2, -0.15) is 0 Å². The molecule has 4 bridgehead atoms. The molecule has 1 N–H and O–H groups in total. The summed E-state index contributed by atoms with van der Waals surface area (Å²) in [6.07, 6.45) is 5.66. The summed E-state index contributed by atoms with van der Waals surface area (Å²) in [5.41, 5.74) is 1.77. The van der Waals surface area contributed by atoms with Crippen LogP contribution in [0.5, 0.6) is 0 Å². The van der Waals surface area contributed by atoms with Gasteiger partial charge in [0, 0.05) is 5.92 Å². The Bertz CT molecular complexity index is 670. The fraction of sp³-hybridized carbons (Fsp3) is 0.529. The van der Waals surface area contributed by atoms with Gasteiger partial charge in [-0.05, 0) is 56.1 Å². The average Bonchev–Trinajstić information content (AvgIpc) is 2.88. The van der Waals surface area contributed by atoms with Gasteiger partial charge in [0.2, 0.25) is 0 Å². The molecule has 3 heteroatoms. The molecule has 102 valence electrons. The highest BCUT2D eigenvalue weighted by atomic mass is 16.1. The predicted molar refractivity (Wildman–Crippen MR) is 76.3 cm³/mol. The lowest BCUT2D eigenvalue weighted by Crippen LogP contribution is -2.56. The molecular weight excluding hydrogens is 248 g/mol. The van der Waals surface area contributed by atoms with E-state index in [2.05, 4.69) is 11.1 Å². The summed E-state index contributed by atoms with van der Waals surface area (Å²) in [6, 6.07) is 8.11. The molecule has 4 fully saturated rings. The van der Waals surface area contributed by atoms with Gasteiger partial charge < -0.3 is 4.98 Å². The summed E-state index contributed by atoms with van der Waals surface area (Å²) < 4.78 is 0. The van der Waals surface area contributed by atoms with E-state index in [0.29, 0.717) is 11.7 Å². The Morgan fingerprint density at radius 1 is 1.10 bits per heavy atom. The summed E-state index contributed by atoms with van der Waals surface area (Å²) in [6.45, 7) is 0. The summed E-state index contributed by atoms with van der Waals surface area (Å²) in [7, 11) is 0. The van der Waals surface area contributed by atoms with Gasteiger partial charge >= 0.3 is 0 Å². The molecule has 2 atom stereocenters. The van der Waals surface area contributed by atoms with Crippen LogP contribution in [-0.2, 0) is 10.2 Å². The number of aromatic nitrogens is 2. The lowest BCUT2D eigenvalue weighted by Gasteiger charge is -2.54. The molecule has 20 heavy (non-hydrogen) atoms. The first kappa shape index (κ1) is 11.1. The van der Waals surface area contributed by atoms with E-state index in [0.717, 1.165) is 54.4 Å². The number of Topliss-reactive ketones (excluding diaryl/α,β-unsaturated/α-hetero) is 1. The fourth-order valence-electron chi connectivity index (χ4n) is 5.26. The second-order valence-corrected chi connectivity index (χ2v) is 7.09. The molecule has 4 aliphatic rings. The second kappa shape index (κ2) is 3.51. The van der Waals surface area contributed by atoms with E-state index < -0.39 is 0 Å². The topological polar surface area (TPSA) is 45.8 Å². The fourth-order valence-corrected chi connectivity index (χ4v) is 5.26. The van der Waals surface area contributed by atoms with E-state index in [9.17, 15) is 4.79 Å². The summed E-state index contributed by atoms with van der Waals surface area (Å²) >= 11 is 0. The van der Waals surface area contributed by atoms with Crippen LogP contribution in [0.1, 0.15) is 37.9 Å². The summed E-state index contributed by atoms with van der Waals surface area (Å²) in [5, 5.41) is 0. The molecular formula is C17H18N2O. The molecule has 0 aliphatic heterocycles. The minimum Gasteiger partial charge on any atom is -0.341 e. The van der Waals surface area contributed by atoms with E-state index in [1.807, 2.05) is 18.2 Å². The van der Waals surface area contributed by atoms with Crippen LogP contribution in [0, 0.1) is 17.8 Å². The Labute approximate surface area is 117 Å². The number of aromatic amines is 1. The number of ketones is 1. The lowest BCUT2D eigenvalue weighted by molar-refractivity contribution is -0.144. The number of para-hydroxylation sites is 2. The second-order valence-electron chi connectivity index (χ2n) is 7.09. The molecule has 0 amide bonds. The largest absolute Gasteiger partial charge is 0.341 e. The maximum atomic E-state index is 12.9. The number of nitrogens with zero attached hydrogens (tertiary/aromatic N) is 1. The zero-order valence-corrected chi connectivity index (χ0v) is 11.4. The predicted octanol–water partition coefficient (Wildman–Crippen LogP) is 3.21. The standard InChI is InChI=1S/C17H18N2O/c20-15-12-6-10-5-11(7-12)9-17(15,8-10)16-18-13-3-1-2-4-14(13)19-16/h1-4,10-12H,5-9H2,(H,18,19). The number of H-pyrrole nitrogens is 1. The van der Waals surface area contributed by atoms with Crippen LogP contribution < -0.4 is 0 Å². The molecule has 0 saturated heterocycles. The quantitative estimate of drug-likeness (QED) is 0.861. The van der Waals surface area contributed by atoms with Crippen molar-refractivity contribution in [2.24, 2.45) is 17.8 Å². The van der Waals surface area contributed by atoms with Crippen molar-refractivity contribution in [3.05, 3.63) is 30.1 Å². The van der Waals surface area contributed by atoms with Crippen molar-refractivity contribution in [3.63, 3.8) is 0 Å². The number of imidazole rings is 1. The first-order valence-electron chi connectivity index (χ1n) is 7.74. The number of hydrogen-bond acceptors (Lipinski definition) is 2. The van der Waals surface area contributed by atoms with Crippen LogP contribution in [0.15, 0.2) is 24.3 Å². The van der Waals surface area contributed by atoms with Gasteiger partial charge in [0.15, 0.2) is 0 Å². The molecule has 6 rings (SSSR count). The highest BCUT2D eigenvalue weighted by Gasteiger charge is 2.58. The number of carbonyl (C=O) groups excluding carboxylic acids is 1. The molecule has 1 aromatic carbocycles. The van der Waals surface area contributed by atoms with Crippen LogP contribution in [0.25, 0.3) is 11.0 Å². The van der Waals surface area contributed by atoms with E-state index >= 15 is 0 Å². The third-order valence-electron chi connectivity index (χ3n) is 5.86. The van der Waals surface area contributed by atoms with Gasteiger partial charge in [-0.1, -0.05) is 12.1 Å². The molecule has 4 saturated carbocycles. The van der Waals surface area contributed by atoms with Crippen molar-refractivity contribution in [2.45, 2.75) is 37.5 Å². The minimum absolute atomic E-state index is 0.284. The number of rotatable bonds is 1. The smallest absolute Gasteiger partial charge is 0.149 e. The van der Waals surface area contributed by atoms with Gasteiger partial charge in [0.05, 0.1) is 16.4 Å². The monoisotopic (exact) mass is 266 g/mol. The van der Waals surface area contributed by atoms with Crippen LogP contribution in [-0.4, -0.2) is 15.8 Å². The lowest BCUT2D eigenvalue weighted by atomic mass is 9.48. The Kier molecular flexibility index (Phi) is 1.94. The Balaban J connectivity index is 1.70. The SMILES string of the molecule is O=C1C2CC3CC(C2)CC1(c1nc2ccccc2[nH]1)C3. The minimum atomic E-state index is -0.284. The number of nitrogens with one attached hydrogen (secondary N) is 1. The first-order chi connectivity index (χ1) is 9.74.